The summed E-state index contributed by atoms with van der Waals surface area (Å²) in [6.45, 7) is 5.21. The van der Waals surface area contributed by atoms with Crippen LogP contribution in [0.1, 0.15) is 11.1 Å². The number of benzene rings is 2. The molecule has 0 fully saturated rings. The first-order chi connectivity index (χ1) is 10.9. The number of aryl methyl sites for hydroxylation is 2. The molecule has 5 nitrogen and oxygen atoms in total. The number of nitrogens with zero attached hydrogens (tertiary/aromatic N) is 1. The molecule has 0 bridgehead atoms. The van der Waals surface area contributed by atoms with E-state index in [1.54, 1.807) is 24.3 Å². The lowest BCUT2D eigenvalue weighted by molar-refractivity contribution is 0.311. The van der Waals surface area contributed by atoms with E-state index >= 15 is 0 Å². The Balaban J connectivity index is 1.95. The minimum absolute atomic E-state index is 0.230. The number of likely N-dealkylation sites (N-methyl/N-ethyl adjacent to an activating group) is 1. The van der Waals surface area contributed by atoms with Crippen LogP contribution in [0.3, 0.4) is 0 Å². The van der Waals surface area contributed by atoms with E-state index in [1.165, 1.54) is 0 Å². The maximum absolute atomic E-state index is 12.7. The number of ether oxygens (including phenoxy) is 1. The molecule has 0 atom stereocenters. The van der Waals surface area contributed by atoms with Crippen molar-refractivity contribution in [3.63, 3.8) is 0 Å². The zero-order valence-corrected chi connectivity index (χ0v) is 14.3. The van der Waals surface area contributed by atoms with Crippen LogP contribution in [0.2, 0.25) is 0 Å². The lowest BCUT2D eigenvalue weighted by atomic mass is 10.1. The van der Waals surface area contributed by atoms with Crippen molar-refractivity contribution in [2.45, 2.75) is 18.7 Å². The number of hydrogen-bond acceptors (Lipinski definition) is 4. The summed E-state index contributed by atoms with van der Waals surface area (Å²) in [7, 11) is -1.71. The van der Waals surface area contributed by atoms with Gasteiger partial charge in [0.25, 0.3) is 10.0 Å². The fraction of sp³-hybridized carbons (Fsp3) is 0.294. The minimum Gasteiger partial charge on any atom is -0.490 e. The highest BCUT2D eigenvalue weighted by Crippen LogP contribution is 2.33. The third kappa shape index (κ3) is 3.12. The van der Waals surface area contributed by atoms with Gasteiger partial charge in [-0.05, 0) is 43.7 Å². The van der Waals surface area contributed by atoms with Crippen molar-refractivity contribution in [3.05, 3.63) is 47.5 Å². The quantitative estimate of drug-likeness (QED) is 0.939. The SMILES string of the molecule is Cc1ccc(NS(=O)(=O)c2ccc3c(c2)N(C)CCO3)c(C)c1. The van der Waals surface area contributed by atoms with E-state index < -0.39 is 10.0 Å². The largest absolute Gasteiger partial charge is 0.490 e. The second kappa shape index (κ2) is 5.77. The Morgan fingerprint density at radius 2 is 1.91 bits per heavy atom. The van der Waals surface area contributed by atoms with Crippen molar-refractivity contribution in [2.75, 3.05) is 29.8 Å². The Bertz CT molecular complexity index is 847. The summed E-state index contributed by atoms with van der Waals surface area (Å²) in [5.74, 6) is 0.712. The minimum atomic E-state index is -3.64. The van der Waals surface area contributed by atoms with Crippen molar-refractivity contribution in [2.24, 2.45) is 0 Å². The highest BCUT2D eigenvalue weighted by Gasteiger charge is 2.21. The highest BCUT2D eigenvalue weighted by molar-refractivity contribution is 7.92. The molecular formula is C17H20N2O3S. The Hall–Kier alpha value is -2.21. The molecule has 2 aromatic carbocycles. The van der Waals surface area contributed by atoms with Crippen molar-refractivity contribution in [3.8, 4) is 5.75 Å². The van der Waals surface area contributed by atoms with Crippen molar-refractivity contribution >= 4 is 21.4 Å². The summed E-state index contributed by atoms with van der Waals surface area (Å²) in [6.07, 6.45) is 0. The summed E-state index contributed by atoms with van der Waals surface area (Å²) in [4.78, 5) is 2.23. The van der Waals surface area contributed by atoms with Gasteiger partial charge in [-0.25, -0.2) is 8.42 Å². The zero-order valence-electron chi connectivity index (χ0n) is 13.5. The molecule has 1 N–H and O–H groups in total. The van der Waals surface area contributed by atoms with Gasteiger partial charge < -0.3 is 9.64 Å². The molecule has 2 aromatic rings. The summed E-state index contributed by atoms with van der Waals surface area (Å²) in [6, 6.07) is 10.6. The predicted molar refractivity (Wildman–Crippen MR) is 91.9 cm³/mol. The number of fused-ring (bicyclic) bond motifs is 1. The van der Waals surface area contributed by atoms with E-state index in [4.69, 9.17) is 4.74 Å². The highest BCUT2D eigenvalue weighted by atomic mass is 32.2. The number of hydrogen-bond donors (Lipinski definition) is 1. The maximum atomic E-state index is 12.7. The second-order valence-electron chi connectivity index (χ2n) is 5.82. The van der Waals surface area contributed by atoms with Gasteiger partial charge >= 0.3 is 0 Å². The van der Waals surface area contributed by atoms with E-state index in [9.17, 15) is 8.42 Å². The van der Waals surface area contributed by atoms with Crippen LogP contribution >= 0.6 is 0 Å². The summed E-state index contributed by atoms with van der Waals surface area (Å²) < 4.78 is 33.5. The molecule has 0 saturated heterocycles. The van der Waals surface area contributed by atoms with Gasteiger partial charge in [-0.2, -0.15) is 0 Å². The molecule has 1 aliphatic rings. The Kier molecular flexibility index (Phi) is 3.93. The molecule has 0 aromatic heterocycles. The van der Waals surface area contributed by atoms with Gasteiger partial charge in [-0.15, -0.1) is 0 Å². The first-order valence-electron chi connectivity index (χ1n) is 7.45. The van der Waals surface area contributed by atoms with E-state index in [1.807, 2.05) is 37.9 Å². The van der Waals surface area contributed by atoms with Gasteiger partial charge in [-0.3, -0.25) is 4.72 Å². The van der Waals surface area contributed by atoms with E-state index in [-0.39, 0.29) is 4.90 Å². The Labute approximate surface area is 136 Å². The average Bonchev–Trinajstić information content (AvgIpc) is 2.50. The average molecular weight is 332 g/mol. The fourth-order valence-electron chi connectivity index (χ4n) is 2.63. The first kappa shape index (κ1) is 15.7. The molecule has 0 saturated carbocycles. The molecule has 0 spiro atoms. The second-order valence-corrected chi connectivity index (χ2v) is 7.51. The molecule has 0 amide bonds. The zero-order chi connectivity index (χ0) is 16.6. The number of sulfonamides is 1. The van der Waals surface area contributed by atoms with Crippen molar-refractivity contribution in [1.29, 1.82) is 0 Å². The molecule has 0 radical (unpaired) electrons. The summed E-state index contributed by atoms with van der Waals surface area (Å²) >= 11 is 0. The number of anilines is 2. The molecule has 122 valence electrons. The van der Waals surface area contributed by atoms with Crippen LogP contribution in [0.4, 0.5) is 11.4 Å². The van der Waals surface area contributed by atoms with Gasteiger partial charge in [-0.1, -0.05) is 17.7 Å². The lowest BCUT2D eigenvalue weighted by Gasteiger charge is -2.28. The Morgan fingerprint density at radius 3 is 2.65 bits per heavy atom. The monoisotopic (exact) mass is 332 g/mol. The Morgan fingerprint density at radius 1 is 1.13 bits per heavy atom. The summed E-state index contributed by atoms with van der Waals surface area (Å²) in [5.41, 5.74) is 3.38. The van der Waals surface area contributed by atoms with Crippen LogP contribution in [0.5, 0.6) is 5.75 Å². The lowest BCUT2D eigenvalue weighted by Crippen LogP contribution is -2.29. The topological polar surface area (TPSA) is 58.6 Å². The normalized spacial score (nSPS) is 14.1. The number of nitrogens with one attached hydrogen (secondary N) is 1. The predicted octanol–water partition coefficient (Wildman–Crippen LogP) is 2.93. The molecule has 0 unspecified atom stereocenters. The van der Waals surface area contributed by atoms with E-state index in [2.05, 4.69) is 4.72 Å². The first-order valence-corrected chi connectivity index (χ1v) is 8.93. The standard InChI is InChI=1S/C17H20N2O3S/c1-12-4-6-15(13(2)10-12)18-23(20,21)14-5-7-17-16(11-14)19(3)8-9-22-17/h4-7,10-11,18H,8-9H2,1-3H3. The smallest absolute Gasteiger partial charge is 0.261 e. The number of rotatable bonds is 3. The van der Waals surface area contributed by atoms with Crippen LogP contribution < -0.4 is 14.4 Å². The van der Waals surface area contributed by atoms with Gasteiger partial charge in [0, 0.05) is 7.05 Å². The maximum Gasteiger partial charge on any atom is 0.261 e. The molecule has 3 rings (SSSR count). The van der Waals surface area contributed by atoms with Crippen LogP contribution in [-0.4, -0.2) is 28.6 Å². The van der Waals surface area contributed by atoms with Crippen LogP contribution in [0.15, 0.2) is 41.3 Å². The van der Waals surface area contributed by atoms with Crippen LogP contribution in [-0.2, 0) is 10.0 Å². The van der Waals surface area contributed by atoms with Crippen molar-refractivity contribution < 1.29 is 13.2 Å². The van der Waals surface area contributed by atoms with Gasteiger partial charge in [0.05, 0.1) is 22.8 Å². The summed E-state index contributed by atoms with van der Waals surface area (Å²) in [5, 5.41) is 0. The fourth-order valence-corrected chi connectivity index (χ4v) is 3.78. The van der Waals surface area contributed by atoms with Crippen LogP contribution in [0.25, 0.3) is 0 Å². The molecule has 23 heavy (non-hydrogen) atoms. The van der Waals surface area contributed by atoms with Gasteiger partial charge in [0.15, 0.2) is 0 Å². The van der Waals surface area contributed by atoms with E-state index in [0.29, 0.717) is 18.0 Å². The molecule has 1 heterocycles. The molecular weight excluding hydrogens is 312 g/mol. The van der Waals surface area contributed by atoms with E-state index in [0.717, 1.165) is 23.4 Å². The molecule has 6 heteroatoms. The van der Waals surface area contributed by atoms with Gasteiger partial charge in [0.2, 0.25) is 0 Å². The van der Waals surface area contributed by atoms with Gasteiger partial charge in [0.1, 0.15) is 12.4 Å². The third-order valence-corrected chi connectivity index (χ3v) is 5.33. The molecule has 0 aliphatic carbocycles. The molecule has 1 aliphatic heterocycles. The third-order valence-electron chi connectivity index (χ3n) is 3.96. The van der Waals surface area contributed by atoms with Crippen LogP contribution in [0, 0.1) is 13.8 Å². The van der Waals surface area contributed by atoms with Crippen molar-refractivity contribution in [1.82, 2.24) is 0 Å².